The van der Waals surface area contributed by atoms with Crippen molar-refractivity contribution in [3.05, 3.63) is 45.8 Å². The number of amidine groups is 1. The Hall–Kier alpha value is -1.90. The van der Waals surface area contributed by atoms with E-state index in [0.29, 0.717) is 35.3 Å². The maximum absolute atomic E-state index is 13.1. The molecule has 0 aliphatic carbocycles. The van der Waals surface area contributed by atoms with Gasteiger partial charge in [0.15, 0.2) is 5.17 Å². The lowest BCUT2D eigenvalue weighted by Gasteiger charge is -2.35. The molecule has 0 spiro atoms. The molecule has 3 aliphatic heterocycles. The molecule has 4 rings (SSSR count). The molecule has 8 heteroatoms. The van der Waals surface area contributed by atoms with Gasteiger partial charge in [-0.3, -0.25) is 9.59 Å². The maximum Gasteiger partial charge on any atom is 0.287 e. The van der Waals surface area contributed by atoms with Gasteiger partial charge in [-0.05, 0) is 43.8 Å². The van der Waals surface area contributed by atoms with Crippen molar-refractivity contribution in [1.29, 1.82) is 0 Å². The lowest BCUT2D eigenvalue weighted by atomic mass is 10.1. The van der Waals surface area contributed by atoms with Gasteiger partial charge in [-0.15, -0.1) is 6.58 Å². The molecular formula is C20H20BrN3O3S. The lowest BCUT2D eigenvalue weighted by Crippen LogP contribution is -2.47. The summed E-state index contributed by atoms with van der Waals surface area (Å²) < 4.78 is 6.62. The second-order valence-electron chi connectivity index (χ2n) is 7.03. The quantitative estimate of drug-likeness (QED) is 0.498. The van der Waals surface area contributed by atoms with Crippen LogP contribution in [0.2, 0.25) is 0 Å². The molecular weight excluding hydrogens is 442 g/mol. The van der Waals surface area contributed by atoms with Crippen LogP contribution in [0, 0.1) is 0 Å². The molecule has 2 amide bonds. The third-order valence-electron chi connectivity index (χ3n) is 4.79. The molecule has 3 aliphatic rings. The summed E-state index contributed by atoms with van der Waals surface area (Å²) in [5.74, 6) is -0.550. The van der Waals surface area contributed by atoms with E-state index in [2.05, 4.69) is 32.4 Å². The maximum atomic E-state index is 13.1. The Bertz CT molecular complexity index is 933. The Morgan fingerprint density at radius 1 is 1.32 bits per heavy atom. The van der Waals surface area contributed by atoms with Crippen LogP contribution in [-0.4, -0.2) is 53.7 Å². The fourth-order valence-corrected chi connectivity index (χ4v) is 5.14. The molecule has 0 radical (unpaired) electrons. The van der Waals surface area contributed by atoms with E-state index < -0.39 is 0 Å². The smallest absolute Gasteiger partial charge is 0.287 e. The van der Waals surface area contributed by atoms with Crippen LogP contribution < -0.4 is 4.90 Å². The minimum atomic E-state index is -0.360. The van der Waals surface area contributed by atoms with Crippen molar-refractivity contribution in [2.75, 3.05) is 24.5 Å². The number of carbonyl (C=O) groups excluding carboxylic acids is 2. The van der Waals surface area contributed by atoms with Gasteiger partial charge in [0.25, 0.3) is 11.8 Å². The molecule has 1 saturated heterocycles. The average molecular weight is 462 g/mol. The number of aliphatic imine (C=N–C) groups is 1. The van der Waals surface area contributed by atoms with Gasteiger partial charge in [0.05, 0.1) is 28.4 Å². The zero-order valence-corrected chi connectivity index (χ0v) is 18.0. The van der Waals surface area contributed by atoms with E-state index >= 15 is 0 Å². The molecule has 0 aromatic heterocycles. The molecule has 146 valence electrons. The van der Waals surface area contributed by atoms with Crippen LogP contribution in [-0.2, 0) is 14.3 Å². The molecule has 1 aromatic carbocycles. The molecule has 28 heavy (non-hydrogen) atoms. The number of fused-ring (bicyclic) bond motifs is 1. The van der Waals surface area contributed by atoms with Gasteiger partial charge in [0.1, 0.15) is 0 Å². The Morgan fingerprint density at radius 2 is 2.04 bits per heavy atom. The fraction of sp³-hybridized carbons (Fsp3) is 0.350. The predicted molar refractivity (Wildman–Crippen MR) is 115 cm³/mol. The van der Waals surface area contributed by atoms with Crippen molar-refractivity contribution in [2.45, 2.75) is 26.1 Å². The topological polar surface area (TPSA) is 62.2 Å². The van der Waals surface area contributed by atoms with E-state index in [1.807, 2.05) is 32.0 Å². The largest absolute Gasteiger partial charge is 0.372 e. The molecule has 1 fully saturated rings. The summed E-state index contributed by atoms with van der Waals surface area (Å²) >= 11 is 4.75. The lowest BCUT2D eigenvalue weighted by molar-refractivity contribution is -0.115. The van der Waals surface area contributed by atoms with Gasteiger partial charge < -0.3 is 14.5 Å². The van der Waals surface area contributed by atoms with Gasteiger partial charge in [-0.25, -0.2) is 0 Å². The first-order valence-corrected chi connectivity index (χ1v) is 10.7. The van der Waals surface area contributed by atoms with Gasteiger partial charge in [-0.2, -0.15) is 4.99 Å². The molecule has 6 nitrogen and oxygen atoms in total. The monoisotopic (exact) mass is 461 g/mol. The van der Waals surface area contributed by atoms with E-state index in [1.165, 1.54) is 11.8 Å². The second-order valence-corrected chi connectivity index (χ2v) is 8.93. The van der Waals surface area contributed by atoms with Crippen LogP contribution in [0.3, 0.4) is 0 Å². The Morgan fingerprint density at radius 3 is 2.71 bits per heavy atom. The second kappa shape index (κ2) is 7.50. The molecule has 0 N–H and O–H groups in total. The predicted octanol–water partition coefficient (Wildman–Crippen LogP) is 3.43. The Balaban J connectivity index is 1.72. The number of ether oxygens (including phenoxy) is 1. The van der Waals surface area contributed by atoms with Crippen molar-refractivity contribution in [3.8, 4) is 0 Å². The number of thioether (sulfide) groups is 1. The first kappa shape index (κ1) is 19.4. The van der Waals surface area contributed by atoms with Crippen molar-refractivity contribution >= 4 is 55.9 Å². The molecule has 1 aromatic rings. The number of halogens is 1. The Labute approximate surface area is 176 Å². The molecule has 0 unspecified atom stereocenters. The van der Waals surface area contributed by atoms with Crippen LogP contribution >= 0.6 is 27.7 Å². The number of hydrogen-bond donors (Lipinski definition) is 0. The number of amides is 2. The normalized spacial score (nSPS) is 27.3. The number of morpholine rings is 1. The van der Waals surface area contributed by atoms with Crippen LogP contribution in [0.15, 0.2) is 45.2 Å². The standard InChI is InChI=1S/C20H20BrN3O3S/c1-4-7-24-15-6-5-13(21)8-14(15)16(19(24)26)17-18(25)22-20(28-17)23-9-11(2)27-12(3)10-23/h4-6,8,11-12H,1,7,9-10H2,2-3H3/b17-16+/t11-,12+. The van der Waals surface area contributed by atoms with Crippen LogP contribution in [0.1, 0.15) is 19.4 Å². The van der Waals surface area contributed by atoms with E-state index in [0.717, 1.165) is 15.7 Å². The van der Waals surface area contributed by atoms with E-state index in [1.54, 1.807) is 11.0 Å². The van der Waals surface area contributed by atoms with Crippen LogP contribution in [0.25, 0.3) is 5.57 Å². The van der Waals surface area contributed by atoms with Crippen LogP contribution in [0.5, 0.6) is 0 Å². The van der Waals surface area contributed by atoms with Gasteiger partial charge >= 0.3 is 0 Å². The number of benzene rings is 1. The first-order valence-electron chi connectivity index (χ1n) is 9.07. The summed E-state index contributed by atoms with van der Waals surface area (Å²) in [6.45, 7) is 9.48. The zero-order valence-electron chi connectivity index (χ0n) is 15.6. The van der Waals surface area contributed by atoms with Crippen molar-refractivity contribution in [1.82, 2.24) is 4.90 Å². The highest BCUT2D eigenvalue weighted by atomic mass is 79.9. The number of carbonyl (C=O) groups is 2. The summed E-state index contributed by atoms with van der Waals surface area (Å²) in [6.07, 6.45) is 1.80. The third kappa shape index (κ3) is 3.33. The number of nitrogens with zero attached hydrogens (tertiary/aromatic N) is 3. The summed E-state index contributed by atoms with van der Waals surface area (Å²) in [7, 11) is 0. The van der Waals surface area contributed by atoms with Gasteiger partial charge in [0, 0.05) is 29.7 Å². The van der Waals surface area contributed by atoms with Gasteiger partial charge in [-0.1, -0.05) is 22.0 Å². The summed E-state index contributed by atoms with van der Waals surface area (Å²) in [4.78, 5) is 34.2. The van der Waals surface area contributed by atoms with E-state index in [9.17, 15) is 9.59 Å². The first-order chi connectivity index (χ1) is 13.4. The summed E-state index contributed by atoms with van der Waals surface area (Å²) in [6, 6.07) is 5.65. The molecule has 0 saturated carbocycles. The fourth-order valence-electron chi connectivity index (χ4n) is 3.76. The van der Waals surface area contributed by atoms with Crippen molar-refractivity contribution in [3.63, 3.8) is 0 Å². The minimum Gasteiger partial charge on any atom is -0.372 e. The number of rotatable bonds is 2. The van der Waals surface area contributed by atoms with Crippen LogP contribution in [0.4, 0.5) is 5.69 Å². The average Bonchev–Trinajstić information content (AvgIpc) is 3.12. The highest BCUT2D eigenvalue weighted by molar-refractivity contribution is 9.10. The summed E-state index contributed by atoms with van der Waals surface area (Å²) in [5.41, 5.74) is 1.95. The zero-order chi connectivity index (χ0) is 20.0. The third-order valence-corrected chi connectivity index (χ3v) is 6.40. The van der Waals surface area contributed by atoms with Gasteiger partial charge in [0.2, 0.25) is 0 Å². The highest BCUT2D eigenvalue weighted by Crippen LogP contribution is 2.44. The SMILES string of the molecule is C=CCN1C(=O)/C(=C2/SC(N3C[C@@H](C)O[C@@H](C)C3)=NC2=O)c2cc(Br)ccc21. The number of hydrogen-bond acceptors (Lipinski definition) is 5. The van der Waals surface area contributed by atoms with Crippen molar-refractivity contribution < 1.29 is 14.3 Å². The molecule has 2 atom stereocenters. The highest BCUT2D eigenvalue weighted by Gasteiger charge is 2.40. The number of anilines is 1. The molecule has 0 bridgehead atoms. The Kier molecular flexibility index (Phi) is 5.20. The molecule has 3 heterocycles. The summed E-state index contributed by atoms with van der Waals surface area (Å²) in [5, 5.41) is 0.640. The van der Waals surface area contributed by atoms with E-state index in [4.69, 9.17) is 4.74 Å². The van der Waals surface area contributed by atoms with E-state index in [-0.39, 0.29) is 24.0 Å². The minimum absolute atomic E-state index is 0.0618. The van der Waals surface area contributed by atoms with Crippen molar-refractivity contribution in [2.24, 2.45) is 4.99 Å².